The monoisotopic (exact) mass is 385 g/mol. The first kappa shape index (κ1) is 14.9. The first-order valence-corrected chi connectivity index (χ1v) is 8.33. The number of hydrogen-bond acceptors (Lipinski definition) is 5. The van der Waals surface area contributed by atoms with Crippen LogP contribution in [0.3, 0.4) is 0 Å². The molecule has 0 aliphatic heterocycles. The summed E-state index contributed by atoms with van der Waals surface area (Å²) in [6, 6.07) is 2.12. The van der Waals surface area contributed by atoms with Crippen LogP contribution in [-0.2, 0) is 20.1 Å². The van der Waals surface area contributed by atoms with E-state index in [1.807, 2.05) is 14.1 Å². The first-order valence-electron chi connectivity index (χ1n) is 6.28. The zero-order valence-electron chi connectivity index (χ0n) is 11.5. The van der Waals surface area contributed by atoms with Crippen molar-refractivity contribution in [3.05, 3.63) is 38.0 Å². The molecule has 0 saturated heterocycles. The molecule has 3 heterocycles. The Hall–Kier alpha value is -1.02. The van der Waals surface area contributed by atoms with E-state index in [0.29, 0.717) is 17.5 Å². The third kappa shape index (κ3) is 3.26. The van der Waals surface area contributed by atoms with Gasteiger partial charge in [0.1, 0.15) is 11.0 Å². The van der Waals surface area contributed by atoms with Gasteiger partial charge in [0, 0.05) is 13.6 Å². The maximum Gasteiger partial charge on any atom is 0.162 e. The molecule has 8 heteroatoms. The van der Waals surface area contributed by atoms with E-state index < -0.39 is 0 Å². The van der Waals surface area contributed by atoms with E-state index in [1.165, 1.54) is 5.56 Å². The Kier molecular flexibility index (Phi) is 4.26. The highest BCUT2D eigenvalue weighted by atomic mass is 79.9. The average molecular weight is 387 g/mol. The summed E-state index contributed by atoms with van der Waals surface area (Å²) in [7, 11) is 3.89. The predicted octanol–water partition coefficient (Wildman–Crippen LogP) is 3.47. The van der Waals surface area contributed by atoms with Crippen molar-refractivity contribution in [3.8, 4) is 0 Å². The second-order valence-corrected chi connectivity index (χ2v) is 7.52. The molecule has 0 unspecified atom stereocenters. The molecule has 0 aliphatic carbocycles. The van der Waals surface area contributed by atoms with Crippen LogP contribution >= 0.6 is 38.9 Å². The molecule has 3 aromatic heterocycles. The highest BCUT2D eigenvalue weighted by Crippen LogP contribution is 2.22. The molecule has 0 spiro atoms. The maximum atomic E-state index is 6.20. The third-order valence-corrected chi connectivity index (χ3v) is 4.92. The standard InChI is InChI=1S/C13H13BrClN5S/c1-19(5-8-3-10(14)21-7-8)6-11-17-12(15)9-4-16-20(2)13(9)18-11/h3-4,7H,5-6H2,1-2H3. The van der Waals surface area contributed by atoms with E-state index in [0.717, 1.165) is 21.4 Å². The summed E-state index contributed by atoms with van der Waals surface area (Å²) in [5, 5.41) is 7.54. The molecule has 0 N–H and O–H groups in total. The van der Waals surface area contributed by atoms with Crippen molar-refractivity contribution in [1.82, 2.24) is 24.6 Å². The Labute approximate surface area is 139 Å². The summed E-state index contributed by atoms with van der Waals surface area (Å²) >= 11 is 11.4. The second kappa shape index (κ2) is 6.00. The molecule has 3 aromatic rings. The van der Waals surface area contributed by atoms with Crippen LogP contribution in [0.25, 0.3) is 11.0 Å². The fourth-order valence-corrected chi connectivity index (χ4v) is 3.57. The Morgan fingerprint density at radius 1 is 1.38 bits per heavy atom. The highest BCUT2D eigenvalue weighted by Gasteiger charge is 2.12. The van der Waals surface area contributed by atoms with E-state index in [2.05, 4.69) is 47.3 Å². The van der Waals surface area contributed by atoms with Crippen LogP contribution in [0.4, 0.5) is 0 Å². The molecule has 0 radical (unpaired) electrons. The smallest absolute Gasteiger partial charge is 0.162 e. The van der Waals surface area contributed by atoms with Gasteiger partial charge in [0.2, 0.25) is 0 Å². The summed E-state index contributed by atoms with van der Waals surface area (Å²) in [6.45, 7) is 1.47. The summed E-state index contributed by atoms with van der Waals surface area (Å²) in [6.07, 6.45) is 1.69. The van der Waals surface area contributed by atoms with E-state index in [-0.39, 0.29) is 0 Å². The third-order valence-electron chi connectivity index (χ3n) is 3.08. The van der Waals surface area contributed by atoms with Crippen LogP contribution in [0.5, 0.6) is 0 Å². The van der Waals surface area contributed by atoms with Crippen LogP contribution in [-0.4, -0.2) is 31.7 Å². The van der Waals surface area contributed by atoms with Crippen molar-refractivity contribution in [2.24, 2.45) is 7.05 Å². The lowest BCUT2D eigenvalue weighted by Crippen LogP contribution is -2.18. The molecule has 5 nitrogen and oxygen atoms in total. The Bertz CT molecular complexity index is 784. The quantitative estimate of drug-likeness (QED) is 0.644. The van der Waals surface area contributed by atoms with Crippen molar-refractivity contribution in [3.63, 3.8) is 0 Å². The Morgan fingerprint density at radius 2 is 2.19 bits per heavy atom. The SMILES string of the molecule is CN(Cc1csc(Br)c1)Cc1nc(Cl)c2cnn(C)c2n1. The number of hydrogen-bond donors (Lipinski definition) is 0. The lowest BCUT2D eigenvalue weighted by Gasteiger charge is -2.14. The zero-order valence-corrected chi connectivity index (χ0v) is 14.7. The number of fused-ring (bicyclic) bond motifs is 1. The molecule has 0 amide bonds. The van der Waals surface area contributed by atoms with Gasteiger partial charge in [-0.05, 0) is 40.0 Å². The Balaban J connectivity index is 1.79. The number of rotatable bonds is 4. The molecule has 0 fully saturated rings. The van der Waals surface area contributed by atoms with Gasteiger partial charge in [-0.1, -0.05) is 11.6 Å². The van der Waals surface area contributed by atoms with Crippen molar-refractivity contribution >= 4 is 49.9 Å². The molecule has 0 aromatic carbocycles. The van der Waals surface area contributed by atoms with Gasteiger partial charge in [-0.25, -0.2) is 9.97 Å². The van der Waals surface area contributed by atoms with Gasteiger partial charge in [-0.3, -0.25) is 9.58 Å². The maximum absolute atomic E-state index is 6.20. The minimum Gasteiger partial charge on any atom is -0.295 e. The van der Waals surface area contributed by atoms with Crippen LogP contribution in [0, 0.1) is 0 Å². The highest BCUT2D eigenvalue weighted by molar-refractivity contribution is 9.11. The number of halogens is 2. The van der Waals surface area contributed by atoms with Gasteiger partial charge in [0.25, 0.3) is 0 Å². The second-order valence-electron chi connectivity index (χ2n) is 4.87. The van der Waals surface area contributed by atoms with Crippen LogP contribution in [0.2, 0.25) is 5.15 Å². The summed E-state index contributed by atoms with van der Waals surface area (Å²) in [4.78, 5) is 11.0. The fourth-order valence-electron chi connectivity index (χ4n) is 2.14. The molecule has 0 aliphatic rings. The topological polar surface area (TPSA) is 46.8 Å². The predicted molar refractivity (Wildman–Crippen MR) is 88.5 cm³/mol. The van der Waals surface area contributed by atoms with Crippen LogP contribution in [0.1, 0.15) is 11.4 Å². The lowest BCUT2D eigenvalue weighted by molar-refractivity contribution is 0.311. The van der Waals surface area contributed by atoms with Crippen molar-refractivity contribution in [1.29, 1.82) is 0 Å². The normalized spacial score (nSPS) is 11.7. The zero-order chi connectivity index (χ0) is 15.0. The lowest BCUT2D eigenvalue weighted by atomic mass is 10.3. The van der Waals surface area contributed by atoms with Crippen LogP contribution in [0.15, 0.2) is 21.4 Å². The summed E-state index contributed by atoms with van der Waals surface area (Å²) < 4.78 is 2.85. The molecular weight excluding hydrogens is 374 g/mol. The molecule has 3 rings (SSSR count). The van der Waals surface area contributed by atoms with Gasteiger partial charge in [0.15, 0.2) is 5.65 Å². The van der Waals surface area contributed by atoms with Crippen molar-refractivity contribution in [2.75, 3.05) is 7.05 Å². The summed E-state index contributed by atoms with van der Waals surface area (Å²) in [5.74, 6) is 0.702. The fraction of sp³-hybridized carbons (Fsp3) is 0.308. The molecule has 110 valence electrons. The van der Waals surface area contributed by atoms with E-state index in [1.54, 1.807) is 22.2 Å². The number of aromatic nitrogens is 4. The molecule has 0 saturated carbocycles. The van der Waals surface area contributed by atoms with E-state index >= 15 is 0 Å². The number of thiophene rings is 1. The van der Waals surface area contributed by atoms with Gasteiger partial charge in [-0.2, -0.15) is 5.10 Å². The Morgan fingerprint density at radius 3 is 2.90 bits per heavy atom. The van der Waals surface area contributed by atoms with Crippen LogP contribution < -0.4 is 0 Å². The van der Waals surface area contributed by atoms with Gasteiger partial charge in [-0.15, -0.1) is 11.3 Å². The first-order chi connectivity index (χ1) is 10.0. The molecular formula is C13H13BrClN5S. The minimum atomic E-state index is 0.453. The van der Waals surface area contributed by atoms with Crippen molar-refractivity contribution in [2.45, 2.75) is 13.1 Å². The minimum absolute atomic E-state index is 0.453. The van der Waals surface area contributed by atoms with E-state index in [9.17, 15) is 0 Å². The average Bonchev–Trinajstić information content (AvgIpc) is 2.97. The number of aryl methyl sites for hydroxylation is 1. The van der Waals surface area contributed by atoms with Gasteiger partial charge in [0.05, 0.1) is 21.9 Å². The molecule has 0 atom stereocenters. The number of nitrogens with zero attached hydrogens (tertiary/aromatic N) is 5. The molecule has 0 bridgehead atoms. The van der Waals surface area contributed by atoms with E-state index in [4.69, 9.17) is 11.6 Å². The van der Waals surface area contributed by atoms with Gasteiger partial charge >= 0.3 is 0 Å². The largest absolute Gasteiger partial charge is 0.295 e. The summed E-state index contributed by atoms with van der Waals surface area (Å²) in [5.41, 5.74) is 2.03. The van der Waals surface area contributed by atoms with Crippen molar-refractivity contribution < 1.29 is 0 Å². The van der Waals surface area contributed by atoms with Gasteiger partial charge < -0.3 is 0 Å². The molecule has 21 heavy (non-hydrogen) atoms.